The Bertz CT molecular complexity index is 580. The molecule has 0 saturated heterocycles. The van der Waals surface area contributed by atoms with E-state index in [-0.39, 0.29) is 5.84 Å². The van der Waals surface area contributed by atoms with Crippen LogP contribution in [0.5, 0.6) is 0 Å². The lowest BCUT2D eigenvalue weighted by Crippen LogP contribution is -2.18. The van der Waals surface area contributed by atoms with Crippen molar-refractivity contribution in [3.8, 4) is 0 Å². The van der Waals surface area contributed by atoms with Crippen molar-refractivity contribution in [1.82, 2.24) is 4.98 Å². The fourth-order valence-electron chi connectivity index (χ4n) is 1.79. The van der Waals surface area contributed by atoms with Crippen molar-refractivity contribution in [3.63, 3.8) is 0 Å². The number of rotatable bonds is 4. The van der Waals surface area contributed by atoms with Gasteiger partial charge in [-0.1, -0.05) is 18.2 Å². The van der Waals surface area contributed by atoms with Crippen LogP contribution < -0.4 is 10.6 Å². The molecule has 0 saturated carbocycles. The predicted molar refractivity (Wildman–Crippen MR) is 81.5 cm³/mol. The molecule has 0 fully saturated rings. The third kappa shape index (κ3) is 3.54. The summed E-state index contributed by atoms with van der Waals surface area (Å²) >= 11 is 3.37. The number of halogens is 1. The highest BCUT2D eigenvalue weighted by molar-refractivity contribution is 9.10. The molecule has 3 N–H and O–H groups in total. The average Bonchev–Trinajstić information content (AvgIpc) is 2.39. The molecule has 1 aromatic heterocycles. The summed E-state index contributed by atoms with van der Waals surface area (Å²) in [4.78, 5) is 6.39. The van der Waals surface area contributed by atoms with Crippen molar-refractivity contribution in [3.05, 3.63) is 58.2 Å². The Morgan fingerprint density at radius 1 is 1.37 bits per heavy atom. The van der Waals surface area contributed by atoms with Gasteiger partial charge in [0.1, 0.15) is 11.7 Å². The number of nitrogen functional groups attached to an aromatic ring is 1. The Morgan fingerprint density at radius 2 is 2.16 bits per heavy atom. The highest BCUT2D eigenvalue weighted by Crippen LogP contribution is 2.16. The van der Waals surface area contributed by atoms with Crippen LogP contribution in [0.2, 0.25) is 0 Å². The number of nitrogens with two attached hydrogens (primary N) is 1. The number of nitrogens with zero attached hydrogens (tertiary/aromatic N) is 2. The summed E-state index contributed by atoms with van der Waals surface area (Å²) in [6.45, 7) is 0.718. The summed E-state index contributed by atoms with van der Waals surface area (Å²) in [7, 11) is 1.98. The quantitative estimate of drug-likeness (QED) is 0.673. The highest BCUT2D eigenvalue weighted by atomic mass is 79.9. The Hall–Kier alpha value is -1.88. The number of anilines is 1. The molecule has 0 aliphatic rings. The van der Waals surface area contributed by atoms with Gasteiger partial charge < -0.3 is 10.6 Å². The Labute approximate surface area is 120 Å². The van der Waals surface area contributed by atoms with E-state index in [4.69, 9.17) is 11.1 Å². The molecule has 0 radical (unpaired) electrons. The molecule has 4 nitrogen and oxygen atoms in total. The van der Waals surface area contributed by atoms with Crippen LogP contribution in [0.15, 0.2) is 47.1 Å². The van der Waals surface area contributed by atoms with Gasteiger partial charge >= 0.3 is 0 Å². The van der Waals surface area contributed by atoms with Gasteiger partial charge in [0.25, 0.3) is 0 Å². The molecule has 0 aliphatic heterocycles. The standard InChI is InChI=1S/C14H15BrN4/c1-19(13-6-5-12(15)8-18-13)9-10-3-2-4-11(7-10)14(16)17/h2-8H,9H2,1H3,(H3,16,17). The SMILES string of the molecule is CN(Cc1cccc(C(=N)N)c1)c1ccc(Br)cn1. The van der Waals surface area contributed by atoms with Gasteiger partial charge in [0, 0.05) is 29.8 Å². The normalized spacial score (nSPS) is 10.2. The van der Waals surface area contributed by atoms with Gasteiger partial charge in [-0.2, -0.15) is 0 Å². The molecule has 0 unspecified atom stereocenters. The first-order valence-corrected chi connectivity index (χ1v) is 6.61. The molecule has 19 heavy (non-hydrogen) atoms. The largest absolute Gasteiger partial charge is 0.384 e. The first-order valence-electron chi connectivity index (χ1n) is 5.82. The number of aromatic nitrogens is 1. The van der Waals surface area contributed by atoms with E-state index < -0.39 is 0 Å². The van der Waals surface area contributed by atoms with E-state index in [2.05, 4.69) is 20.9 Å². The van der Waals surface area contributed by atoms with Crippen molar-refractivity contribution >= 4 is 27.6 Å². The van der Waals surface area contributed by atoms with Gasteiger partial charge in [0.15, 0.2) is 0 Å². The number of nitrogens with one attached hydrogen (secondary N) is 1. The summed E-state index contributed by atoms with van der Waals surface area (Å²) in [5.41, 5.74) is 7.34. The van der Waals surface area contributed by atoms with E-state index in [1.165, 1.54) is 0 Å². The van der Waals surface area contributed by atoms with Gasteiger partial charge in [-0.05, 0) is 39.7 Å². The van der Waals surface area contributed by atoms with Gasteiger partial charge in [-0.25, -0.2) is 4.98 Å². The van der Waals surface area contributed by atoms with Crippen LogP contribution in [0.3, 0.4) is 0 Å². The summed E-state index contributed by atoms with van der Waals surface area (Å²) in [5, 5.41) is 7.45. The second-order valence-electron chi connectivity index (χ2n) is 4.30. The molecular formula is C14H15BrN4. The van der Waals surface area contributed by atoms with Gasteiger partial charge in [-0.15, -0.1) is 0 Å². The minimum atomic E-state index is 0.0891. The fourth-order valence-corrected chi connectivity index (χ4v) is 2.02. The predicted octanol–water partition coefficient (Wildman–Crippen LogP) is 2.76. The maximum Gasteiger partial charge on any atom is 0.128 e. The minimum absolute atomic E-state index is 0.0891. The molecule has 98 valence electrons. The van der Waals surface area contributed by atoms with Crippen LogP contribution in [0.1, 0.15) is 11.1 Å². The maximum absolute atomic E-state index is 7.45. The van der Waals surface area contributed by atoms with Crippen LogP contribution in [-0.4, -0.2) is 17.9 Å². The Balaban J connectivity index is 2.14. The molecule has 0 spiro atoms. The highest BCUT2D eigenvalue weighted by Gasteiger charge is 2.05. The van der Waals surface area contributed by atoms with Crippen molar-refractivity contribution in [1.29, 1.82) is 5.41 Å². The van der Waals surface area contributed by atoms with Gasteiger partial charge in [-0.3, -0.25) is 5.41 Å². The molecule has 0 amide bonds. The summed E-state index contributed by atoms with van der Waals surface area (Å²) < 4.78 is 0.961. The first-order chi connectivity index (χ1) is 9.06. The monoisotopic (exact) mass is 318 g/mol. The molecule has 1 heterocycles. The van der Waals surface area contributed by atoms with E-state index in [9.17, 15) is 0 Å². The summed E-state index contributed by atoms with van der Waals surface area (Å²) in [6.07, 6.45) is 1.78. The molecule has 2 aromatic rings. The van der Waals surface area contributed by atoms with Crippen LogP contribution in [0, 0.1) is 5.41 Å². The lowest BCUT2D eigenvalue weighted by molar-refractivity contribution is 0.897. The lowest BCUT2D eigenvalue weighted by Gasteiger charge is -2.18. The van der Waals surface area contributed by atoms with Crippen LogP contribution in [0.25, 0.3) is 0 Å². The lowest BCUT2D eigenvalue weighted by atomic mass is 10.1. The van der Waals surface area contributed by atoms with Crippen LogP contribution in [-0.2, 0) is 6.54 Å². The number of hydrogen-bond donors (Lipinski definition) is 2. The second kappa shape index (κ2) is 5.84. The van der Waals surface area contributed by atoms with E-state index >= 15 is 0 Å². The molecule has 1 aromatic carbocycles. The van der Waals surface area contributed by atoms with Crippen LogP contribution in [0.4, 0.5) is 5.82 Å². The second-order valence-corrected chi connectivity index (χ2v) is 5.22. The molecule has 0 aliphatic carbocycles. The van der Waals surface area contributed by atoms with Crippen molar-refractivity contribution in [2.75, 3.05) is 11.9 Å². The third-order valence-corrected chi connectivity index (χ3v) is 3.23. The van der Waals surface area contributed by atoms with Crippen molar-refractivity contribution in [2.24, 2.45) is 5.73 Å². The zero-order chi connectivity index (χ0) is 13.8. The zero-order valence-electron chi connectivity index (χ0n) is 10.6. The van der Waals surface area contributed by atoms with E-state index in [0.29, 0.717) is 0 Å². The number of benzene rings is 1. The fraction of sp³-hybridized carbons (Fsp3) is 0.143. The van der Waals surface area contributed by atoms with Crippen LogP contribution >= 0.6 is 15.9 Å². The molecule has 2 rings (SSSR count). The maximum atomic E-state index is 7.45. The average molecular weight is 319 g/mol. The molecule has 0 bridgehead atoms. The summed E-state index contributed by atoms with van der Waals surface area (Å²) in [5.74, 6) is 0.989. The van der Waals surface area contributed by atoms with E-state index in [0.717, 1.165) is 28.0 Å². The molecule has 0 atom stereocenters. The summed E-state index contributed by atoms with van der Waals surface area (Å²) in [6, 6.07) is 11.6. The van der Waals surface area contributed by atoms with E-state index in [1.807, 2.05) is 48.3 Å². The number of hydrogen-bond acceptors (Lipinski definition) is 3. The van der Waals surface area contributed by atoms with Crippen molar-refractivity contribution < 1.29 is 0 Å². The topological polar surface area (TPSA) is 66.0 Å². The molecular weight excluding hydrogens is 304 g/mol. The minimum Gasteiger partial charge on any atom is -0.384 e. The van der Waals surface area contributed by atoms with Crippen molar-refractivity contribution in [2.45, 2.75) is 6.54 Å². The van der Waals surface area contributed by atoms with Gasteiger partial charge in [0.2, 0.25) is 0 Å². The Kier molecular flexibility index (Phi) is 4.16. The third-order valence-electron chi connectivity index (χ3n) is 2.76. The zero-order valence-corrected chi connectivity index (χ0v) is 12.2. The first kappa shape index (κ1) is 13.5. The molecule has 5 heteroatoms. The van der Waals surface area contributed by atoms with Gasteiger partial charge in [0.05, 0.1) is 0 Å². The number of pyridine rings is 1. The Morgan fingerprint density at radius 3 is 2.79 bits per heavy atom. The smallest absolute Gasteiger partial charge is 0.128 e. The number of amidine groups is 1. The van der Waals surface area contributed by atoms with E-state index in [1.54, 1.807) is 6.20 Å².